The van der Waals surface area contributed by atoms with Crippen molar-refractivity contribution < 1.29 is 17.9 Å². The first-order valence-corrected chi connectivity index (χ1v) is 15.6. The van der Waals surface area contributed by atoms with Gasteiger partial charge >= 0.3 is 6.03 Å². The Morgan fingerprint density at radius 1 is 1.05 bits per heavy atom. The SMILES string of the molecule is C[C@H]1COCCN1c1cc(C2(S(=O)(=O)C3CCCCC3)CC2)nc(-c2ccc(NC(=O)NC3CC3)cc2)n1. The monoisotopic (exact) mass is 539 g/mol. The van der Waals surface area contributed by atoms with Crippen LogP contribution in [0.25, 0.3) is 11.4 Å². The highest BCUT2D eigenvalue weighted by atomic mass is 32.2. The topological polar surface area (TPSA) is 114 Å². The summed E-state index contributed by atoms with van der Waals surface area (Å²) in [7, 11) is -3.38. The lowest BCUT2D eigenvalue weighted by atomic mass is 10.0. The maximum absolute atomic E-state index is 14.0. The predicted octanol–water partition coefficient (Wildman–Crippen LogP) is 4.39. The Labute approximate surface area is 224 Å². The molecule has 9 nitrogen and oxygen atoms in total. The van der Waals surface area contributed by atoms with Crippen LogP contribution in [0.3, 0.4) is 0 Å². The number of ether oxygens (including phenoxy) is 1. The minimum atomic E-state index is -3.38. The molecule has 0 radical (unpaired) electrons. The largest absolute Gasteiger partial charge is 0.377 e. The Kier molecular flexibility index (Phi) is 6.80. The lowest BCUT2D eigenvalue weighted by molar-refractivity contribution is 0.0985. The number of sulfone groups is 1. The highest BCUT2D eigenvalue weighted by Gasteiger charge is 2.59. The van der Waals surface area contributed by atoms with Gasteiger partial charge in [-0.15, -0.1) is 0 Å². The second-order valence-corrected chi connectivity index (χ2v) is 13.8. The van der Waals surface area contributed by atoms with E-state index in [1.54, 1.807) is 0 Å². The average Bonchev–Trinajstić information content (AvgIpc) is 3.85. The van der Waals surface area contributed by atoms with Gasteiger partial charge in [-0.05, 0) is 69.7 Å². The van der Waals surface area contributed by atoms with Gasteiger partial charge in [0.1, 0.15) is 10.6 Å². The lowest BCUT2D eigenvalue weighted by Crippen LogP contribution is -2.44. The van der Waals surface area contributed by atoms with Gasteiger partial charge in [0, 0.05) is 29.9 Å². The number of carbonyl (C=O) groups excluding carboxylic acids is 1. The molecule has 2 aromatic rings. The first-order chi connectivity index (χ1) is 18.4. The maximum Gasteiger partial charge on any atom is 0.319 e. The van der Waals surface area contributed by atoms with Crippen LogP contribution in [-0.4, -0.2) is 61.5 Å². The highest BCUT2D eigenvalue weighted by Crippen LogP contribution is 2.55. The fourth-order valence-corrected chi connectivity index (χ4v) is 8.45. The number of nitrogens with zero attached hydrogens (tertiary/aromatic N) is 3. The van der Waals surface area contributed by atoms with Gasteiger partial charge in [0.15, 0.2) is 15.7 Å². The standard InChI is InChI=1S/C28H37N5O4S/c1-19-18-37-16-15-33(19)25-17-24(28(13-14-28)38(35,36)23-5-3-2-4-6-23)31-26(32-25)20-7-9-21(10-8-20)29-27(34)30-22-11-12-22/h7-10,17,19,22-23H,2-6,11-16,18H2,1H3,(H2,29,30,34)/t19-/m0/s1. The van der Waals surface area contributed by atoms with Crippen LogP contribution in [0.5, 0.6) is 0 Å². The van der Waals surface area contributed by atoms with E-state index in [4.69, 9.17) is 14.7 Å². The zero-order valence-corrected chi connectivity index (χ0v) is 22.8. The van der Waals surface area contributed by atoms with Gasteiger partial charge in [-0.3, -0.25) is 0 Å². The molecular weight excluding hydrogens is 502 g/mol. The quantitative estimate of drug-likeness (QED) is 0.536. The van der Waals surface area contributed by atoms with E-state index in [0.717, 1.165) is 56.3 Å². The number of carbonyl (C=O) groups is 1. The van der Waals surface area contributed by atoms with E-state index in [1.165, 1.54) is 0 Å². The van der Waals surface area contributed by atoms with E-state index in [1.807, 2.05) is 30.3 Å². The van der Waals surface area contributed by atoms with Gasteiger partial charge in [-0.1, -0.05) is 19.3 Å². The van der Waals surface area contributed by atoms with Crippen molar-refractivity contribution in [3.05, 3.63) is 36.0 Å². The average molecular weight is 540 g/mol. The molecule has 2 N–H and O–H groups in total. The number of amides is 2. The van der Waals surface area contributed by atoms with Crippen LogP contribution in [-0.2, 0) is 19.3 Å². The molecule has 1 aromatic heterocycles. The third-order valence-electron chi connectivity index (χ3n) is 8.39. The Morgan fingerprint density at radius 2 is 1.79 bits per heavy atom. The summed E-state index contributed by atoms with van der Waals surface area (Å²) in [5.41, 5.74) is 2.09. The molecule has 2 amide bonds. The van der Waals surface area contributed by atoms with Crippen molar-refractivity contribution in [3.8, 4) is 11.4 Å². The fourth-order valence-electron chi connectivity index (χ4n) is 5.79. The first-order valence-electron chi connectivity index (χ1n) is 14.0. The molecule has 1 aliphatic heterocycles. The van der Waals surface area contributed by atoms with Crippen LogP contribution in [0, 0.1) is 0 Å². The highest BCUT2D eigenvalue weighted by molar-refractivity contribution is 7.93. The molecule has 204 valence electrons. The zero-order valence-electron chi connectivity index (χ0n) is 22.0. The molecule has 1 saturated heterocycles. The number of nitrogens with one attached hydrogen (secondary N) is 2. The molecule has 4 fully saturated rings. The van der Waals surface area contributed by atoms with Crippen LogP contribution >= 0.6 is 0 Å². The first kappa shape index (κ1) is 25.6. The van der Waals surface area contributed by atoms with Gasteiger partial charge in [-0.2, -0.15) is 0 Å². The van der Waals surface area contributed by atoms with E-state index in [9.17, 15) is 13.2 Å². The molecule has 1 atom stereocenters. The Hall–Kier alpha value is -2.72. The summed E-state index contributed by atoms with van der Waals surface area (Å²) in [6.45, 7) is 4.00. The predicted molar refractivity (Wildman–Crippen MR) is 147 cm³/mol. The zero-order chi connectivity index (χ0) is 26.3. The van der Waals surface area contributed by atoms with Gasteiger partial charge in [0.2, 0.25) is 0 Å². The van der Waals surface area contributed by atoms with Crippen LogP contribution in [0.4, 0.5) is 16.3 Å². The number of anilines is 2. The van der Waals surface area contributed by atoms with Crippen molar-refractivity contribution in [1.82, 2.24) is 15.3 Å². The second kappa shape index (κ2) is 10.1. The smallest absolute Gasteiger partial charge is 0.319 e. The van der Waals surface area contributed by atoms with Gasteiger partial charge in [0.25, 0.3) is 0 Å². The summed E-state index contributed by atoms with van der Waals surface area (Å²) in [6, 6.07) is 9.55. The normalized spacial score (nSPS) is 23.6. The molecule has 0 spiro atoms. The number of hydrogen-bond donors (Lipinski definition) is 2. The number of aromatic nitrogens is 2. The molecule has 0 bridgehead atoms. The van der Waals surface area contributed by atoms with E-state index in [2.05, 4.69) is 22.5 Å². The summed E-state index contributed by atoms with van der Waals surface area (Å²) < 4.78 is 32.6. The third kappa shape index (κ3) is 5.00. The summed E-state index contributed by atoms with van der Waals surface area (Å²) in [4.78, 5) is 24.2. The van der Waals surface area contributed by atoms with E-state index in [-0.39, 0.29) is 23.4 Å². The van der Waals surface area contributed by atoms with Crippen molar-refractivity contribution in [2.24, 2.45) is 0 Å². The molecule has 4 aliphatic rings. The molecule has 38 heavy (non-hydrogen) atoms. The Bertz CT molecular complexity index is 1280. The van der Waals surface area contributed by atoms with Gasteiger partial charge in [0.05, 0.1) is 30.2 Å². The lowest BCUT2D eigenvalue weighted by Gasteiger charge is -2.35. The third-order valence-corrected chi connectivity index (χ3v) is 11.5. The van der Waals surface area contributed by atoms with Crippen LogP contribution < -0.4 is 15.5 Å². The Balaban J connectivity index is 1.34. The van der Waals surface area contributed by atoms with E-state index in [0.29, 0.717) is 49.8 Å². The molecule has 3 aliphatic carbocycles. The maximum atomic E-state index is 14.0. The molecule has 6 rings (SSSR count). The van der Waals surface area contributed by atoms with Crippen LogP contribution in [0.15, 0.2) is 30.3 Å². The van der Waals surface area contributed by atoms with E-state index >= 15 is 0 Å². The number of morpholine rings is 1. The Morgan fingerprint density at radius 3 is 2.45 bits per heavy atom. The van der Waals surface area contributed by atoms with Crippen molar-refractivity contribution in [2.45, 2.75) is 86.8 Å². The molecule has 1 aromatic carbocycles. The molecule has 3 saturated carbocycles. The van der Waals surface area contributed by atoms with Crippen molar-refractivity contribution in [1.29, 1.82) is 0 Å². The van der Waals surface area contributed by atoms with Gasteiger partial charge < -0.3 is 20.3 Å². The molecular formula is C28H37N5O4S. The summed E-state index contributed by atoms with van der Waals surface area (Å²) in [5, 5.41) is 5.51. The summed E-state index contributed by atoms with van der Waals surface area (Å²) >= 11 is 0. The summed E-state index contributed by atoms with van der Waals surface area (Å²) in [5.74, 6) is 1.26. The molecule has 2 heterocycles. The van der Waals surface area contributed by atoms with Crippen LogP contribution in [0.2, 0.25) is 0 Å². The number of benzene rings is 1. The minimum absolute atomic E-state index is 0.126. The second-order valence-electron chi connectivity index (χ2n) is 11.3. The van der Waals surface area contributed by atoms with E-state index < -0.39 is 14.6 Å². The van der Waals surface area contributed by atoms with Crippen LogP contribution in [0.1, 0.15) is 70.4 Å². The van der Waals surface area contributed by atoms with Crippen molar-refractivity contribution in [2.75, 3.05) is 30.0 Å². The summed E-state index contributed by atoms with van der Waals surface area (Å²) in [6.07, 6.45) is 7.84. The minimum Gasteiger partial charge on any atom is -0.377 e. The number of urea groups is 1. The van der Waals surface area contributed by atoms with Crippen molar-refractivity contribution >= 4 is 27.4 Å². The molecule has 10 heteroatoms. The number of hydrogen-bond acceptors (Lipinski definition) is 7. The van der Waals surface area contributed by atoms with Crippen molar-refractivity contribution in [3.63, 3.8) is 0 Å². The molecule has 0 unspecified atom stereocenters. The van der Waals surface area contributed by atoms with Gasteiger partial charge in [-0.25, -0.2) is 23.2 Å². The fraction of sp³-hybridized carbons (Fsp3) is 0.607. The number of rotatable bonds is 7.